The van der Waals surface area contributed by atoms with Crippen molar-refractivity contribution in [2.45, 2.75) is 38.3 Å². The predicted molar refractivity (Wildman–Crippen MR) is 80.5 cm³/mol. The summed E-state index contributed by atoms with van der Waals surface area (Å²) in [7, 11) is 1.86. The Kier molecular flexibility index (Phi) is 4.03. The fourth-order valence-electron chi connectivity index (χ4n) is 3.10. The molecule has 114 valence electrons. The fourth-order valence-corrected chi connectivity index (χ4v) is 3.10. The summed E-state index contributed by atoms with van der Waals surface area (Å²) in [6.45, 7) is 2.03. The third-order valence-electron chi connectivity index (χ3n) is 4.21. The molecule has 2 aromatic rings. The number of rotatable bonds is 5. The molecule has 2 aromatic heterocycles. The van der Waals surface area contributed by atoms with Crippen molar-refractivity contribution in [1.29, 1.82) is 0 Å². The summed E-state index contributed by atoms with van der Waals surface area (Å²) in [5.74, 6) is 1.24. The number of aliphatic hydroxyl groups is 1. The van der Waals surface area contributed by atoms with E-state index in [1.807, 2.05) is 7.05 Å². The van der Waals surface area contributed by atoms with Crippen molar-refractivity contribution in [2.24, 2.45) is 7.05 Å². The van der Waals surface area contributed by atoms with Gasteiger partial charge in [-0.3, -0.25) is 9.58 Å². The fraction of sp³-hybridized carbons (Fsp3) is 0.643. The number of nitrogens with two attached hydrogens (primary N) is 1. The lowest BCUT2D eigenvalue weighted by molar-refractivity contribution is 0.206. The molecule has 21 heavy (non-hydrogen) atoms. The number of hydrogen-bond acceptors (Lipinski definition) is 6. The zero-order valence-electron chi connectivity index (χ0n) is 12.4. The van der Waals surface area contributed by atoms with Gasteiger partial charge in [-0.25, -0.2) is 9.97 Å². The van der Waals surface area contributed by atoms with Crippen LogP contribution in [0.4, 0.5) is 5.82 Å². The van der Waals surface area contributed by atoms with Crippen molar-refractivity contribution >= 4 is 16.9 Å². The zero-order chi connectivity index (χ0) is 14.8. The van der Waals surface area contributed by atoms with Gasteiger partial charge in [0.15, 0.2) is 5.65 Å². The molecule has 3 heterocycles. The normalized spacial score (nSPS) is 19.6. The Bertz CT molecular complexity index is 625. The molecule has 1 unspecified atom stereocenters. The van der Waals surface area contributed by atoms with Crippen LogP contribution in [0.5, 0.6) is 0 Å². The minimum absolute atomic E-state index is 0.259. The van der Waals surface area contributed by atoms with E-state index in [2.05, 4.69) is 20.0 Å². The Morgan fingerprint density at radius 3 is 3.10 bits per heavy atom. The van der Waals surface area contributed by atoms with Gasteiger partial charge in [0.1, 0.15) is 11.6 Å². The standard InChI is InChI=1S/C14H22N6O/c1-19-14-11(8-16-19)13(15)17-12(18-14)9-20-6-2-4-10(20)5-3-7-21/h8,10,21H,2-7,9H2,1H3,(H2,15,17,18). The van der Waals surface area contributed by atoms with Crippen molar-refractivity contribution in [3.8, 4) is 0 Å². The Morgan fingerprint density at radius 2 is 2.29 bits per heavy atom. The van der Waals surface area contributed by atoms with Crippen LogP contribution < -0.4 is 5.73 Å². The van der Waals surface area contributed by atoms with E-state index in [9.17, 15) is 0 Å². The second-order valence-corrected chi connectivity index (χ2v) is 5.66. The molecule has 0 amide bonds. The van der Waals surface area contributed by atoms with Gasteiger partial charge in [0, 0.05) is 19.7 Å². The molecule has 1 aliphatic rings. The minimum Gasteiger partial charge on any atom is -0.396 e. The predicted octanol–water partition coefficient (Wildman–Crippen LogP) is 0.682. The third kappa shape index (κ3) is 2.84. The number of nitrogen functional groups attached to an aromatic ring is 1. The van der Waals surface area contributed by atoms with E-state index < -0.39 is 0 Å². The third-order valence-corrected chi connectivity index (χ3v) is 4.21. The smallest absolute Gasteiger partial charge is 0.163 e. The first-order valence-electron chi connectivity index (χ1n) is 7.48. The van der Waals surface area contributed by atoms with Gasteiger partial charge >= 0.3 is 0 Å². The topological polar surface area (TPSA) is 93.1 Å². The molecular formula is C14H22N6O. The number of aromatic nitrogens is 4. The average molecular weight is 290 g/mol. The number of likely N-dealkylation sites (tertiary alicyclic amines) is 1. The van der Waals surface area contributed by atoms with Gasteiger partial charge in [0.2, 0.25) is 0 Å². The molecule has 7 nitrogen and oxygen atoms in total. The van der Waals surface area contributed by atoms with E-state index in [0.29, 0.717) is 18.4 Å². The molecule has 0 aliphatic carbocycles. The number of aryl methyl sites for hydroxylation is 1. The largest absolute Gasteiger partial charge is 0.396 e. The number of fused-ring (bicyclic) bond motifs is 1. The number of anilines is 1. The molecule has 7 heteroatoms. The highest BCUT2D eigenvalue weighted by Gasteiger charge is 2.25. The summed E-state index contributed by atoms with van der Waals surface area (Å²) < 4.78 is 1.73. The molecule has 1 fully saturated rings. The monoisotopic (exact) mass is 290 g/mol. The van der Waals surface area contributed by atoms with Crippen LogP contribution in [0.2, 0.25) is 0 Å². The first-order valence-corrected chi connectivity index (χ1v) is 7.48. The molecule has 3 rings (SSSR count). The molecule has 1 saturated heterocycles. The second-order valence-electron chi connectivity index (χ2n) is 5.66. The van der Waals surface area contributed by atoms with Crippen LogP contribution in [0.3, 0.4) is 0 Å². The van der Waals surface area contributed by atoms with Gasteiger partial charge in [-0.05, 0) is 32.2 Å². The summed E-state index contributed by atoms with van der Waals surface area (Å²) >= 11 is 0. The zero-order valence-corrected chi connectivity index (χ0v) is 12.4. The summed E-state index contributed by atoms with van der Waals surface area (Å²) in [6, 6.07) is 0.518. The van der Waals surface area contributed by atoms with Gasteiger partial charge in [-0.15, -0.1) is 0 Å². The van der Waals surface area contributed by atoms with E-state index in [0.717, 1.165) is 36.2 Å². The van der Waals surface area contributed by atoms with Crippen molar-refractivity contribution in [2.75, 3.05) is 18.9 Å². The van der Waals surface area contributed by atoms with Crippen LogP contribution >= 0.6 is 0 Å². The summed E-state index contributed by atoms with van der Waals surface area (Å²) in [4.78, 5) is 11.4. The van der Waals surface area contributed by atoms with E-state index in [4.69, 9.17) is 10.8 Å². The minimum atomic E-state index is 0.259. The van der Waals surface area contributed by atoms with Crippen LogP contribution in [0, 0.1) is 0 Å². The molecule has 0 bridgehead atoms. The maximum absolute atomic E-state index is 8.99. The number of nitrogens with zero attached hydrogens (tertiary/aromatic N) is 5. The molecule has 1 atom stereocenters. The quantitative estimate of drug-likeness (QED) is 0.841. The molecule has 1 aliphatic heterocycles. The van der Waals surface area contributed by atoms with Gasteiger partial charge < -0.3 is 10.8 Å². The summed E-state index contributed by atoms with van der Waals surface area (Å²) in [5, 5.41) is 14.0. The molecule has 0 aromatic carbocycles. The van der Waals surface area contributed by atoms with Crippen molar-refractivity contribution in [3.63, 3.8) is 0 Å². The maximum atomic E-state index is 8.99. The molecular weight excluding hydrogens is 268 g/mol. The highest BCUT2D eigenvalue weighted by atomic mass is 16.2. The van der Waals surface area contributed by atoms with E-state index in [-0.39, 0.29) is 6.61 Å². The first kappa shape index (κ1) is 14.2. The number of aliphatic hydroxyl groups excluding tert-OH is 1. The highest BCUT2D eigenvalue weighted by molar-refractivity contribution is 5.84. The van der Waals surface area contributed by atoms with Gasteiger partial charge in [-0.1, -0.05) is 0 Å². The maximum Gasteiger partial charge on any atom is 0.163 e. The first-order chi connectivity index (χ1) is 10.2. The summed E-state index contributed by atoms with van der Waals surface area (Å²) in [6.07, 6.45) is 5.96. The van der Waals surface area contributed by atoms with Gasteiger partial charge in [-0.2, -0.15) is 5.10 Å². The molecule has 0 spiro atoms. The Balaban J connectivity index is 1.79. The van der Waals surface area contributed by atoms with E-state index >= 15 is 0 Å². The van der Waals surface area contributed by atoms with Crippen LogP contribution in [0.1, 0.15) is 31.5 Å². The highest BCUT2D eigenvalue weighted by Crippen LogP contribution is 2.24. The van der Waals surface area contributed by atoms with Crippen molar-refractivity contribution in [1.82, 2.24) is 24.6 Å². The second kappa shape index (κ2) is 5.95. The van der Waals surface area contributed by atoms with E-state index in [1.165, 1.54) is 12.8 Å². The molecule has 0 saturated carbocycles. The van der Waals surface area contributed by atoms with Crippen LogP contribution in [0.25, 0.3) is 11.0 Å². The molecule has 0 radical (unpaired) electrons. The lowest BCUT2D eigenvalue weighted by atomic mass is 10.1. The van der Waals surface area contributed by atoms with Gasteiger partial charge in [0.05, 0.1) is 18.1 Å². The lowest BCUT2D eigenvalue weighted by Crippen LogP contribution is -2.30. The molecule has 3 N–H and O–H groups in total. The van der Waals surface area contributed by atoms with E-state index in [1.54, 1.807) is 10.9 Å². The Labute approximate surface area is 123 Å². The van der Waals surface area contributed by atoms with Crippen LogP contribution in [-0.4, -0.2) is 48.9 Å². The van der Waals surface area contributed by atoms with Crippen LogP contribution in [-0.2, 0) is 13.6 Å². The lowest BCUT2D eigenvalue weighted by Gasteiger charge is -2.23. The van der Waals surface area contributed by atoms with Crippen molar-refractivity contribution in [3.05, 3.63) is 12.0 Å². The Morgan fingerprint density at radius 1 is 1.43 bits per heavy atom. The Hall–Kier alpha value is -1.73. The summed E-state index contributed by atoms with van der Waals surface area (Å²) in [5.41, 5.74) is 6.78. The number of hydrogen-bond donors (Lipinski definition) is 2. The average Bonchev–Trinajstić information content (AvgIpc) is 3.05. The van der Waals surface area contributed by atoms with Crippen LogP contribution in [0.15, 0.2) is 6.20 Å². The SMILES string of the molecule is Cn1ncc2c(N)nc(CN3CCCC3CCCO)nc21. The van der Waals surface area contributed by atoms with Crippen molar-refractivity contribution < 1.29 is 5.11 Å². The van der Waals surface area contributed by atoms with Gasteiger partial charge in [0.25, 0.3) is 0 Å².